The second-order valence-electron chi connectivity index (χ2n) is 4.63. The molecule has 0 aliphatic carbocycles. The van der Waals surface area contributed by atoms with Crippen molar-refractivity contribution in [1.82, 2.24) is 9.71 Å². The van der Waals surface area contributed by atoms with E-state index in [2.05, 4.69) is 4.98 Å². The number of hydrogen-bond donors (Lipinski definition) is 1. The van der Waals surface area contributed by atoms with Crippen molar-refractivity contribution in [2.24, 2.45) is 0 Å². The number of sulfonamides is 1. The first kappa shape index (κ1) is 16.7. The van der Waals surface area contributed by atoms with Crippen LogP contribution in [0.5, 0.6) is 0 Å². The number of pyridine rings is 1. The summed E-state index contributed by atoms with van der Waals surface area (Å²) in [6.45, 7) is 1.92. The van der Waals surface area contributed by atoms with Gasteiger partial charge in [-0.25, -0.2) is 18.1 Å². The third-order valence-electron chi connectivity index (χ3n) is 2.81. The van der Waals surface area contributed by atoms with Gasteiger partial charge in [-0.2, -0.15) is 0 Å². The van der Waals surface area contributed by atoms with Crippen molar-refractivity contribution < 1.29 is 13.2 Å². The van der Waals surface area contributed by atoms with Gasteiger partial charge >= 0.3 is 0 Å². The maximum atomic E-state index is 12.1. The number of aryl methyl sites for hydroxylation is 1. The molecule has 0 fully saturated rings. The molecule has 0 unspecified atom stereocenters. The minimum atomic E-state index is -4.03. The molecule has 116 valence electrons. The molecule has 1 aromatic carbocycles. The lowest BCUT2D eigenvalue weighted by atomic mass is 10.1. The molecule has 1 aromatic heterocycles. The molecule has 0 atom stereocenters. The summed E-state index contributed by atoms with van der Waals surface area (Å²) in [4.78, 5) is 15.3. The molecule has 1 amide bonds. The van der Waals surface area contributed by atoms with Crippen LogP contribution in [-0.2, 0) is 21.2 Å². The first-order valence-electron chi connectivity index (χ1n) is 6.20. The lowest BCUT2D eigenvalue weighted by Crippen LogP contribution is -2.31. The highest BCUT2D eigenvalue weighted by Gasteiger charge is 2.19. The van der Waals surface area contributed by atoms with Gasteiger partial charge in [0, 0.05) is 6.20 Å². The van der Waals surface area contributed by atoms with Crippen LogP contribution in [0, 0.1) is 6.92 Å². The van der Waals surface area contributed by atoms with Crippen molar-refractivity contribution in [2.75, 3.05) is 0 Å². The topological polar surface area (TPSA) is 76.1 Å². The number of amides is 1. The molecular weight excluding hydrogens is 347 g/mol. The van der Waals surface area contributed by atoms with E-state index in [9.17, 15) is 13.2 Å². The molecule has 5 nitrogen and oxygen atoms in total. The highest BCUT2D eigenvalue weighted by atomic mass is 35.5. The van der Waals surface area contributed by atoms with Crippen LogP contribution in [0.25, 0.3) is 0 Å². The van der Waals surface area contributed by atoms with Crippen LogP contribution < -0.4 is 4.72 Å². The summed E-state index contributed by atoms with van der Waals surface area (Å²) in [6, 6.07) is 8.36. The molecule has 22 heavy (non-hydrogen) atoms. The monoisotopic (exact) mass is 358 g/mol. The maximum Gasteiger partial charge on any atom is 0.265 e. The van der Waals surface area contributed by atoms with Crippen LogP contribution in [0.15, 0.2) is 41.4 Å². The van der Waals surface area contributed by atoms with E-state index in [1.807, 2.05) is 23.8 Å². The Bertz CT molecular complexity index is 805. The number of benzene rings is 1. The van der Waals surface area contributed by atoms with Crippen molar-refractivity contribution >= 4 is 39.1 Å². The molecule has 1 heterocycles. The van der Waals surface area contributed by atoms with Crippen molar-refractivity contribution in [3.05, 3.63) is 57.8 Å². The predicted molar refractivity (Wildman–Crippen MR) is 84.5 cm³/mol. The molecule has 0 spiro atoms. The summed E-state index contributed by atoms with van der Waals surface area (Å²) >= 11 is 11.4. The van der Waals surface area contributed by atoms with Crippen molar-refractivity contribution in [1.29, 1.82) is 0 Å². The fraction of sp³-hybridized carbons (Fsp3) is 0.143. The van der Waals surface area contributed by atoms with Gasteiger partial charge in [-0.3, -0.25) is 4.79 Å². The number of hydrogen-bond acceptors (Lipinski definition) is 4. The molecule has 1 N–H and O–H groups in total. The number of nitrogens with one attached hydrogen (secondary N) is 1. The molecule has 0 saturated heterocycles. The van der Waals surface area contributed by atoms with Crippen LogP contribution in [0.1, 0.15) is 11.1 Å². The van der Waals surface area contributed by atoms with Crippen LogP contribution >= 0.6 is 23.2 Å². The molecule has 0 aliphatic rings. The average Bonchev–Trinajstić information content (AvgIpc) is 2.43. The first-order chi connectivity index (χ1) is 10.3. The number of halogens is 2. The third-order valence-corrected chi connectivity index (χ3v) is 4.84. The molecule has 0 saturated carbocycles. The Morgan fingerprint density at radius 2 is 1.86 bits per heavy atom. The summed E-state index contributed by atoms with van der Waals surface area (Å²) in [7, 11) is -4.03. The summed E-state index contributed by atoms with van der Waals surface area (Å²) in [5, 5.41) is -0.0119. The lowest BCUT2D eigenvalue weighted by molar-refractivity contribution is -0.118. The van der Waals surface area contributed by atoms with Crippen molar-refractivity contribution in [3.8, 4) is 0 Å². The third kappa shape index (κ3) is 4.19. The summed E-state index contributed by atoms with van der Waals surface area (Å²) < 4.78 is 26.1. The zero-order chi connectivity index (χ0) is 16.3. The minimum absolute atomic E-state index is 0.00414. The maximum absolute atomic E-state index is 12.1. The van der Waals surface area contributed by atoms with E-state index >= 15 is 0 Å². The second-order valence-corrected chi connectivity index (χ2v) is 7.08. The Kier molecular flexibility index (Phi) is 5.05. The van der Waals surface area contributed by atoms with Gasteiger partial charge in [-0.15, -0.1) is 0 Å². The van der Waals surface area contributed by atoms with Gasteiger partial charge in [0.2, 0.25) is 5.91 Å². The van der Waals surface area contributed by atoms with Gasteiger partial charge < -0.3 is 0 Å². The highest BCUT2D eigenvalue weighted by Crippen LogP contribution is 2.22. The number of rotatable bonds is 4. The molecule has 0 radical (unpaired) electrons. The standard InChI is InChI=1S/C14H12Cl2N2O3S/c1-9-2-4-10(5-3-9)6-13(19)18-22(20,21)11-7-12(15)14(16)17-8-11/h2-5,7-8H,6H2,1H3,(H,18,19). The minimum Gasteiger partial charge on any atom is -0.274 e. The summed E-state index contributed by atoms with van der Waals surface area (Å²) in [5.41, 5.74) is 1.77. The molecule has 8 heteroatoms. The van der Waals surface area contributed by atoms with Crippen molar-refractivity contribution in [2.45, 2.75) is 18.2 Å². The Morgan fingerprint density at radius 1 is 1.23 bits per heavy atom. The van der Waals surface area contributed by atoms with Crippen LogP contribution in [0.3, 0.4) is 0 Å². The Morgan fingerprint density at radius 3 is 2.45 bits per heavy atom. The average molecular weight is 359 g/mol. The van der Waals surface area contributed by atoms with E-state index in [1.54, 1.807) is 12.1 Å². The Labute approximate surface area is 138 Å². The number of aromatic nitrogens is 1. The lowest BCUT2D eigenvalue weighted by Gasteiger charge is -2.07. The summed E-state index contributed by atoms with van der Waals surface area (Å²) in [5.74, 6) is -0.644. The predicted octanol–water partition coefficient (Wildman–Crippen LogP) is 2.74. The fourth-order valence-corrected chi connectivity index (χ4v) is 2.98. The van der Waals surface area contributed by atoms with Gasteiger partial charge in [-0.05, 0) is 18.6 Å². The molecular formula is C14H12Cl2N2O3S. The first-order valence-corrected chi connectivity index (χ1v) is 8.44. The zero-order valence-electron chi connectivity index (χ0n) is 11.5. The largest absolute Gasteiger partial charge is 0.274 e. The normalized spacial score (nSPS) is 11.2. The summed E-state index contributed by atoms with van der Waals surface area (Å²) in [6.07, 6.45) is 0.990. The SMILES string of the molecule is Cc1ccc(CC(=O)NS(=O)(=O)c2cnc(Cl)c(Cl)c2)cc1. The Hall–Kier alpha value is -1.63. The fourth-order valence-electron chi connectivity index (χ4n) is 1.69. The molecule has 2 rings (SSSR count). The Balaban J connectivity index is 2.12. The number of nitrogens with zero attached hydrogens (tertiary/aromatic N) is 1. The van der Waals surface area contributed by atoms with Crippen LogP contribution in [0.2, 0.25) is 10.2 Å². The van der Waals surface area contributed by atoms with Gasteiger partial charge in [0.15, 0.2) is 0 Å². The van der Waals surface area contributed by atoms with E-state index in [1.165, 1.54) is 0 Å². The van der Waals surface area contributed by atoms with Gasteiger partial charge in [0.05, 0.1) is 11.4 Å². The van der Waals surface area contributed by atoms with Gasteiger partial charge in [0.25, 0.3) is 10.0 Å². The van der Waals surface area contributed by atoms with E-state index < -0.39 is 15.9 Å². The quantitative estimate of drug-likeness (QED) is 0.852. The van der Waals surface area contributed by atoms with Crippen molar-refractivity contribution in [3.63, 3.8) is 0 Å². The molecule has 0 bridgehead atoms. The highest BCUT2D eigenvalue weighted by molar-refractivity contribution is 7.90. The molecule has 2 aromatic rings. The second kappa shape index (κ2) is 6.64. The number of carbonyl (C=O) groups is 1. The van der Waals surface area contributed by atoms with Crippen LogP contribution in [-0.4, -0.2) is 19.3 Å². The molecule has 0 aliphatic heterocycles. The smallest absolute Gasteiger partial charge is 0.265 e. The van der Waals surface area contributed by atoms with E-state index in [0.717, 1.165) is 17.8 Å². The van der Waals surface area contributed by atoms with E-state index in [-0.39, 0.29) is 21.5 Å². The van der Waals surface area contributed by atoms with Gasteiger partial charge in [-0.1, -0.05) is 53.0 Å². The zero-order valence-corrected chi connectivity index (χ0v) is 13.8. The number of carbonyl (C=O) groups excluding carboxylic acids is 1. The van der Waals surface area contributed by atoms with Crippen LogP contribution in [0.4, 0.5) is 0 Å². The van der Waals surface area contributed by atoms with Gasteiger partial charge in [0.1, 0.15) is 10.0 Å². The van der Waals surface area contributed by atoms with E-state index in [0.29, 0.717) is 5.56 Å². The van der Waals surface area contributed by atoms with E-state index in [4.69, 9.17) is 23.2 Å².